The lowest BCUT2D eigenvalue weighted by molar-refractivity contribution is -0.122. The van der Waals surface area contributed by atoms with E-state index in [1.165, 1.54) is 32.1 Å². The van der Waals surface area contributed by atoms with Gasteiger partial charge in [-0.2, -0.15) is 0 Å². The van der Waals surface area contributed by atoms with Crippen LogP contribution in [0.1, 0.15) is 56.6 Å². The SMILES string of the molecule is O=C(NCC(O)CC1CCCCC1)[C@H]1C[C@@H]1c1cnc[nH]1. The molecular formula is C16H25N3O2. The van der Waals surface area contributed by atoms with Crippen molar-refractivity contribution in [2.45, 2.75) is 57.0 Å². The van der Waals surface area contributed by atoms with Gasteiger partial charge in [-0.15, -0.1) is 0 Å². The van der Waals surface area contributed by atoms with E-state index in [-0.39, 0.29) is 17.7 Å². The summed E-state index contributed by atoms with van der Waals surface area (Å²) in [5, 5.41) is 13.0. The number of amides is 1. The number of nitrogens with zero attached hydrogens (tertiary/aromatic N) is 1. The second kappa shape index (κ2) is 6.60. The van der Waals surface area contributed by atoms with E-state index in [9.17, 15) is 9.90 Å². The van der Waals surface area contributed by atoms with Crippen LogP contribution in [0.15, 0.2) is 12.5 Å². The summed E-state index contributed by atoms with van der Waals surface area (Å²) in [5.74, 6) is 1.04. The van der Waals surface area contributed by atoms with Gasteiger partial charge >= 0.3 is 0 Å². The van der Waals surface area contributed by atoms with Crippen LogP contribution in [0.5, 0.6) is 0 Å². The fraction of sp³-hybridized carbons (Fsp3) is 0.750. The predicted molar refractivity (Wildman–Crippen MR) is 79.6 cm³/mol. The molecule has 2 fully saturated rings. The zero-order chi connectivity index (χ0) is 14.7. The van der Waals surface area contributed by atoms with E-state index in [4.69, 9.17) is 0 Å². The van der Waals surface area contributed by atoms with Gasteiger partial charge in [0.15, 0.2) is 0 Å². The molecule has 0 spiro atoms. The lowest BCUT2D eigenvalue weighted by Gasteiger charge is -2.24. The minimum absolute atomic E-state index is 0.0485. The van der Waals surface area contributed by atoms with Gasteiger partial charge in [0, 0.05) is 30.3 Å². The second-order valence-corrected chi connectivity index (χ2v) is 6.59. The quantitative estimate of drug-likeness (QED) is 0.749. The molecule has 1 aromatic rings. The number of aromatic amines is 1. The van der Waals surface area contributed by atoms with E-state index in [1.807, 2.05) is 0 Å². The third-order valence-corrected chi connectivity index (χ3v) is 4.89. The van der Waals surface area contributed by atoms with Crippen LogP contribution < -0.4 is 5.32 Å². The van der Waals surface area contributed by atoms with Crippen molar-refractivity contribution in [1.82, 2.24) is 15.3 Å². The molecule has 1 amide bonds. The number of aromatic nitrogens is 2. The van der Waals surface area contributed by atoms with Gasteiger partial charge in [-0.1, -0.05) is 32.1 Å². The Labute approximate surface area is 125 Å². The molecule has 5 nitrogen and oxygen atoms in total. The minimum Gasteiger partial charge on any atom is -0.391 e. The number of H-pyrrole nitrogens is 1. The molecule has 3 N–H and O–H groups in total. The van der Waals surface area contributed by atoms with Gasteiger partial charge < -0.3 is 15.4 Å². The first-order chi connectivity index (χ1) is 10.2. The summed E-state index contributed by atoms with van der Waals surface area (Å²) in [7, 11) is 0. The van der Waals surface area contributed by atoms with Crippen LogP contribution in [-0.2, 0) is 4.79 Å². The number of aliphatic hydroxyl groups excluding tert-OH is 1. The van der Waals surface area contributed by atoms with Crippen molar-refractivity contribution >= 4 is 5.91 Å². The molecule has 116 valence electrons. The first-order valence-electron chi connectivity index (χ1n) is 8.18. The van der Waals surface area contributed by atoms with Crippen molar-refractivity contribution in [1.29, 1.82) is 0 Å². The number of aliphatic hydroxyl groups is 1. The number of hydrogen-bond acceptors (Lipinski definition) is 3. The van der Waals surface area contributed by atoms with Crippen molar-refractivity contribution in [3.63, 3.8) is 0 Å². The lowest BCUT2D eigenvalue weighted by atomic mass is 9.85. The number of hydrogen-bond donors (Lipinski definition) is 3. The van der Waals surface area contributed by atoms with Crippen LogP contribution in [0.25, 0.3) is 0 Å². The Morgan fingerprint density at radius 2 is 2.24 bits per heavy atom. The normalized spacial score (nSPS) is 27.3. The maximum absolute atomic E-state index is 12.1. The maximum Gasteiger partial charge on any atom is 0.223 e. The lowest BCUT2D eigenvalue weighted by Crippen LogP contribution is -2.34. The molecule has 3 atom stereocenters. The molecule has 1 heterocycles. The van der Waals surface area contributed by atoms with Crippen molar-refractivity contribution in [2.75, 3.05) is 6.54 Å². The summed E-state index contributed by atoms with van der Waals surface area (Å²) in [4.78, 5) is 19.1. The largest absolute Gasteiger partial charge is 0.391 e. The highest BCUT2D eigenvalue weighted by atomic mass is 16.3. The number of imidazole rings is 1. The molecule has 0 radical (unpaired) electrons. The first-order valence-corrected chi connectivity index (χ1v) is 8.18. The zero-order valence-electron chi connectivity index (χ0n) is 12.4. The molecule has 5 heteroatoms. The van der Waals surface area contributed by atoms with Crippen LogP contribution >= 0.6 is 0 Å². The molecule has 2 aliphatic rings. The van der Waals surface area contributed by atoms with Gasteiger partial charge in [0.05, 0.1) is 12.4 Å². The number of carbonyl (C=O) groups is 1. The van der Waals surface area contributed by atoms with Crippen molar-refractivity contribution in [2.24, 2.45) is 11.8 Å². The van der Waals surface area contributed by atoms with E-state index in [1.54, 1.807) is 12.5 Å². The van der Waals surface area contributed by atoms with Crippen LogP contribution in [0.2, 0.25) is 0 Å². The molecule has 0 aromatic carbocycles. The average molecular weight is 291 g/mol. The highest BCUT2D eigenvalue weighted by Gasteiger charge is 2.44. The summed E-state index contributed by atoms with van der Waals surface area (Å²) in [5.41, 5.74) is 1.04. The highest BCUT2D eigenvalue weighted by Crippen LogP contribution is 2.46. The standard InChI is InChI=1S/C16H25N3O2/c20-12(6-11-4-2-1-3-5-11)8-18-16(21)14-7-13(14)15-9-17-10-19-15/h9-14,20H,1-8H2,(H,17,19)(H,18,21)/t12?,13-,14-/m0/s1. The summed E-state index contributed by atoms with van der Waals surface area (Å²) >= 11 is 0. The van der Waals surface area contributed by atoms with Gasteiger partial charge in [0.1, 0.15) is 0 Å². The summed E-state index contributed by atoms with van der Waals surface area (Å²) in [6, 6.07) is 0. The molecule has 0 aliphatic heterocycles. The van der Waals surface area contributed by atoms with E-state index in [0.717, 1.165) is 18.5 Å². The molecule has 1 unspecified atom stereocenters. The molecule has 2 aliphatic carbocycles. The number of nitrogens with one attached hydrogen (secondary N) is 2. The van der Waals surface area contributed by atoms with Gasteiger partial charge in [0.2, 0.25) is 5.91 Å². The van der Waals surface area contributed by atoms with E-state index in [2.05, 4.69) is 15.3 Å². The number of rotatable bonds is 6. The summed E-state index contributed by atoms with van der Waals surface area (Å²) in [6.07, 6.45) is 11.1. The second-order valence-electron chi connectivity index (χ2n) is 6.59. The molecule has 21 heavy (non-hydrogen) atoms. The monoisotopic (exact) mass is 291 g/mol. The number of carbonyl (C=O) groups excluding carboxylic acids is 1. The van der Waals surface area contributed by atoms with Crippen molar-refractivity contribution < 1.29 is 9.90 Å². The molecule has 0 saturated heterocycles. The van der Waals surface area contributed by atoms with Gasteiger partial charge in [-0.05, 0) is 18.8 Å². The maximum atomic E-state index is 12.1. The van der Waals surface area contributed by atoms with Crippen LogP contribution in [0.4, 0.5) is 0 Å². The molecule has 1 aromatic heterocycles. The Morgan fingerprint density at radius 1 is 1.43 bits per heavy atom. The fourth-order valence-corrected chi connectivity index (χ4v) is 3.54. The van der Waals surface area contributed by atoms with Gasteiger partial charge in [-0.25, -0.2) is 4.98 Å². The molecular weight excluding hydrogens is 266 g/mol. The van der Waals surface area contributed by atoms with Crippen LogP contribution in [-0.4, -0.2) is 33.6 Å². The minimum atomic E-state index is -0.401. The van der Waals surface area contributed by atoms with Crippen molar-refractivity contribution in [3.8, 4) is 0 Å². The van der Waals surface area contributed by atoms with E-state index < -0.39 is 6.10 Å². The van der Waals surface area contributed by atoms with E-state index in [0.29, 0.717) is 12.5 Å². The Kier molecular flexibility index (Phi) is 4.58. The highest BCUT2D eigenvalue weighted by molar-refractivity contribution is 5.82. The molecule has 0 bridgehead atoms. The fourth-order valence-electron chi connectivity index (χ4n) is 3.54. The molecule has 3 rings (SSSR count). The topological polar surface area (TPSA) is 78.0 Å². The third-order valence-electron chi connectivity index (χ3n) is 4.89. The Balaban J connectivity index is 1.36. The van der Waals surface area contributed by atoms with Crippen LogP contribution in [0.3, 0.4) is 0 Å². The van der Waals surface area contributed by atoms with Crippen LogP contribution in [0, 0.1) is 11.8 Å². The predicted octanol–water partition coefficient (Wildman–Crippen LogP) is 1.96. The Hall–Kier alpha value is -1.36. The average Bonchev–Trinajstić information content (AvgIpc) is 3.11. The summed E-state index contributed by atoms with van der Waals surface area (Å²) in [6.45, 7) is 0.390. The Bertz CT molecular complexity index is 454. The Morgan fingerprint density at radius 3 is 2.95 bits per heavy atom. The van der Waals surface area contributed by atoms with E-state index >= 15 is 0 Å². The summed E-state index contributed by atoms with van der Waals surface area (Å²) < 4.78 is 0. The molecule has 2 saturated carbocycles. The van der Waals surface area contributed by atoms with Crippen molar-refractivity contribution in [3.05, 3.63) is 18.2 Å². The smallest absolute Gasteiger partial charge is 0.223 e. The third kappa shape index (κ3) is 3.84. The van der Waals surface area contributed by atoms with Gasteiger partial charge in [-0.3, -0.25) is 4.79 Å². The first kappa shape index (κ1) is 14.6. The zero-order valence-corrected chi connectivity index (χ0v) is 12.4. The van der Waals surface area contributed by atoms with Gasteiger partial charge in [0.25, 0.3) is 0 Å².